The molecule has 8 heteroatoms. The maximum atomic E-state index is 11.2. The third kappa shape index (κ3) is 3.49. The van der Waals surface area contributed by atoms with E-state index in [-0.39, 0.29) is 23.4 Å². The monoisotopic (exact) mass is 268 g/mol. The Kier molecular flexibility index (Phi) is 4.54. The summed E-state index contributed by atoms with van der Waals surface area (Å²) in [6, 6.07) is 3.34. The average molecular weight is 268 g/mol. The number of carbonyl (C=O) groups is 2. The number of aliphatic hydroxyl groups is 1. The van der Waals surface area contributed by atoms with Crippen LogP contribution in [0.1, 0.15) is 15.9 Å². The van der Waals surface area contributed by atoms with E-state index < -0.39 is 23.4 Å². The molecule has 0 aliphatic heterocycles. The molecular weight excluding hydrogens is 256 g/mol. The highest BCUT2D eigenvalue weighted by Crippen LogP contribution is 2.21. The number of amides is 1. The van der Waals surface area contributed by atoms with Crippen LogP contribution < -0.4 is 0 Å². The average Bonchev–Trinajstić information content (AvgIpc) is 2.37. The number of aromatic carboxylic acids is 1. The number of hydrogen-bond acceptors (Lipinski definition) is 5. The zero-order valence-electron chi connectivity index (χ0n) is 10.1. The number of nitro benzene ring substituents is 1. The Morgan fingerprint density at radius 1 is 1.42 bits per heavy atom. The van der Waals surface area contributed by atoms with Crippen molar-refractivity contribution in [2.45, 2.75) is 6.54 Å². The highest BCUT2D eigenvalue weighted by Gasteiger charge is 2.19. The number of carbonyl (C=O) groups excluding carboxylic acids is 1. The van der Waals surface area contributed by atoms with E-state index in [1.54, 1.807) is 0 Å². The molecule has 1 aromatic carbocycles. The van der Waals surface area contributed by atoms with Gasteiger partial charge >= 0.3 is 5.97 Å². The molecule has 2 N–H and O–H groups in total. The SMILES string of the molecule is CN(Cc1cc(C(=O)O)ccc1[N+](=O)[O-])C(=O)CO. The molecule has 0 unspecified atom stereocenters. The highest BCUT2D eigenvalue weighted by atomic mass is 16.6. The van der Waals surface area contributed by atoms with Crippen molar-refractivity contribution in [2.75, 3.05) is 13.7 Å². The maximum absolute atomic E-state index is 11.2. The Balaban J connectivity index is 3.14. The zero-order chi connectivity index (χ0) is 14.6. The van der Waals surface area contributed by atoms with Crippen molar-refractivity contribution >= 4 is 17.6 Å². The lowest BCUT2D eigenvalue weighted by molar-refractivity contribution is -0.385. The quantitative estimate of drug-likeness (QED) is 0.583. The summed E-state index contributed by atoms with van der Waals surface area (Å²) in [5, 5.41) is 28.4. The van der Waals surface area contributed by atoms with E-state index in [1.807, 2.05) is 0 Å². The van der Waals surface area contributed by atoms with Crippen molar-refractivity contribution in [3.05, 3.63) is 39.4 Å². The molecule has 8 nitrogen and oxygen atoms in total. The summed E-state index contributed by atoms with van der Waals surface area (Å²) >= 11 is 0. The van der Waals surface area contributed by atoms with Crippen molar-refractivity contribution in [1.29, 1.82) is 0 Å². The van der Waals surface area contributed by atoms with Crippen LogP contribution >= 0.6 is 0 Å². The van der Waals surface area contributed by atoms with Gasteiger partial charge in [-0.25, -0.2) is 4.79 Å². The predicted octanol–water partition coefficient (Wildman–Crippen LogP) is 0.244. The van der Waals surface area contributed by atoms with Gasteiger partial charge in [0.2, 0.25) is 5.91 Å². The van der Waals surface area contributed by atoms with Gasteiger partial charge in [0.15, 0.2) is 0 Å². The molecule has 102 valence electrons. The summed E-state index contributed by atoms with van der Waals surface area (Å²) < 4.78 is 0. The molecule has 0 saturated heterocycles. The van der Waals surface area contributed by atoms with Crippen LogP contribution in [0.4, 0.5) is 5.69 Å². The minimum atomic E-state index is -1.22. The largest absolute Gasteiger partial charge is 0.478 e. The van der Waals surface area contributed by atoms with Gasteiger partial charge in [-0.05, 0) is 12.1 Å². The van der Waals surface area contributed by atoms with E-state index in [4.69, 9.17) is 10.2 Å². The Bertz CT molecular complexity index is 528. The third-order valence-corrected chi connectivity index (χ3v) is 2.49. The van der Waals surface area contributed by atoms with Gasteiger partial charge in [0.1, 0.15) is 6.61 Å². The molecule has 0 aliphatic carbocycles. The van der Waals surface area contributed by atoms with Crippen LogP contribution in [0.5, 0.6) is 0 Å². The van der Waals surface area contributed by atoms with Gasteiger partial charge in [0, 0.05) is 18.7 Å². The number of aliphatic hydroxyl groups excluding tert-OH is 1. The van der Waals surface area contributed by atoms with E-state index in [1.165, 1.54) is 7.05 Å². The van der Waals surface area contributed by atoms with Gasteiger partial charge in [-0.2, -0.15) is 0 Å². The molecule has 0 aliphatic rings. The van der Waals surface area contributed by atoms with Crippen LogP contribution in [0.3, 0.4) is 0 Å². The van der Waals surface area contributed by atoms with Crippen LogP contribution in [0, 0.1) is 10.1 Å². The molecule has 0 saturated carbocycles. The number of likely N-dealkylation sites (N-methyl/N-ethyl adjacent to an activating group) is 1. The number of benzene rings is 1. The fourth-order valence-corrected chi connectivity index (χ4v) is 1.49. The number of nitro groups is 1. The Morgan fingerprint density at radius 3 is 2.53 bits per heavy atom. The highest BCUT2D eigenvalue weighted by molar-refractivity contribution is 5.88. The van der Waals surface area contributed by atoms with Crippen LogP contribution in [0.15, 0.2) is 18.2 Å². The van der Waals surface area contributed by atoms with Gasteiger partial charge in [0.05, 0.1) is 17.0 Å². The van der Waals surface area contributed by atoms with E-state index >= 15 is 0 Å². The van der Waals surface area contributed by atoms with Crippen molar-refractivity contribution < 1.29 is 24.7 Å². The number of rotatable bonds is 5. The Labute approximate surface area is 108 Å². The number of carboxylic acid groups (broad SMARTS) is 1. The second kappa shape index (κ2) is 5.91. The molecule has 0 heterocycles. The summed E-state index contributed by atoms with van der Waals surface area (Å²) in [6.07, 6.45) is 0. The van der Waals surface area contributed by atoms with E-state index in [2.05, 4.69) is 0 Å². The van der Waals surface area contributed by atoms with Gasteiger partial charge < -0.3 is 15.1 Å². The zero-order valence-corrected chi connectivity index (χ0v) is 10.1. The second-order valence-electron chi connectivity index (χ2n) is 3.81. The van der Waals surface area contributed by atoms with Crippen LogP contribution in [-0.4, -0.2) is 45.6 Å². The lowest BCUT2D eigenvalue weighted by atomic mass is 10.1. The molecule has 0 radical (unpaired) electrons. The summed E-state index contributed by atoms with van der Waals surface area (Å²) in [7, 11) is 1.36. The first-order chi connectivity index (χ1) is 8.86. The molecule has 0 bridgehead atoms. The first kappa shape index (κ1) is 14.6. The summed E-state index contributed by atoms with van der Waals surface area (Å²) in [5.74, 6) is -1.83. The molecule has 0 atom stereocenters. The third-order valence-electron chi connectivity index (χ3n) is 2.49. The van der Waals surface area contributed by atoms with Crippen LogP contribution in [0.25, 0.3) is 0 Å². The predicted molar refractivity (Wildman–Crippen MR) is 63.6 cm³/mol. The van der Waals surface area contributed by atoms with E-state index in [0.717, 1.165) is 23.1 Å². The minimum absolute atomic E-state index is 0.0919. The molecule has 0 aromatic heterocycles. The molecular formula is C11H12N2O6. The van der Waals surface area contributed by atoms with E-state index in [9.17, 15) is 19.7 Å². The lowest BCUT2D eigenvalue weighted by Crippen LogP contribution is -2.29. The Morgan fingerprint density at radius 2 is 2.05 bits per heavy atom. The van der Waals surface area contributed by atoms with E-state index in [0.29, 0.717) is 0 Å². The topological polar surface area (TPSA) is 121 Å². The molecule has 1 rings (SSSR count). The smallest absolute Gasteiger partial charge is 0.335 e. The fourth-order valence-electron chi connectivity index (χ4n) is 1.49. The van der Waals surface area contributed by atoms with Gasteiger partial charge in [-0.1, -0.05) is 0 Å². The van der Waals surface area contributed by atoms with Crippen molar-refractivity contribution in [2.24, 2.45) is 0 Å². The van der Waals surface area contributed by atoms with Crippen LogP contribution in [0.2, 0.25) is 0 Å². The van der Waals surface area contributed by atoms with Gasteiger partial charge in [0.25, 0.3) is 5.69 Å². The number of hydrogen-bond donors (Lipinski definition) is 2. The molecule has 0 spiro atoms. The first-order valence-corrected chi connectivity index (χ1v) is 5.22. The first-order valence-electron chi connectivity index (χ1n) is 5.22. The number of carboxylic acids is 1. The summed E-state index contributed by atoms with van der Waals surface area (Å²) in [6.45, 7) is -0.875. The fraction of sp³-hybridized carbons (Fsp3) is 0.273. The maximum Gasteiger partial charge on any atom is 0.335 e. The lowest BCUT2D eigenvalue weighted by Gasteiger charge is -2.16. The van der Waals surface area contributed by atoms with Crippen molar-refractivity contribution in [1.82, 2.24) is 4.90 Å². The number of nitrogens with zero attached hydrogens (tertiary/aromatic N) is 2. The molecule has 0 fully saturated rings. The van der Waals surface area contributed by atoms with Crippen LogP contribution in [-0.2, 0) is 11.3 Å². The second-order valence-corrected chi connectivity index (χ2v) is 3.81. The Hall–Kier alpha value is -2.48. The normalized spacial score (nSPS) is 10.0. The molecule has 1 aromatic rings. The van der Waals surface area contributed by atoms with Gasteiger partial charge in [-0.15, -0.1) is 0 Å². The standard InChI is InChI=1S/C11H12N2O6/c1-12(10(15)6-14)5-8-4-7(11(16)17)2-3-9(8)13(18)19/h2-4,14H,5-6H2,1H3,(H,16,17). The summed E-state index contributed by atoms with van der Waals surface area (Å²) in [5.41, 5.74) is -0.290. The van der Waals surface area contributed by atoms with Crippen molar-refractivity contribution in [3.63, 3.8) is 0 Å². The molecule has 19 heavy (non-hydrogen) atoms. The minimum Gasteiger partial charge on any atom is -0.478 e. The molecule has 1 amide bonds. The van der Waals surface area contributed by atoms with Gasteiger partial charge in [-0.3, -0.25) is 14.9 Å². The van der Waals surface area contributed by atoms with Crippen molar-refractivity contribution in [3.8, 4) is 0 Å². The summed E-state index contributed by atoms with van der Waals surface area (Å²) in [4.78, 5) is 33.3.